The molecule has 1 N–H and O–H groups in total. The monoisotopic (exact) mass is 327 g/mol. The second-order valence-electron chi connectivity index (χ2n) is 5.65. The SMILES string of the molecule is CC[C@@H](NC(=O)CCOC[C@H]1CCCO1)c1ccc(F)cc1F. The van der Waals surface area contributed by atoms with Gasteiger partial charge in [-0.05, 0) is 25.3 Å². The number of benzene rings is 1. The minimum Gasteiger partial charge on any atom is -0.378 e. The van der Waals surface area contributed by atoms with Crippen molar-refractivity contribution < 1.29 is 23.0 Å². The van der Waals surface area contributed by atoms with Gasteiger partial charge in [0.25, 0.3) is 0 Å². The summed E-state index contributed by atoms with van der Waals surface area (Å²) in [5.74, 6) is -1.49. The Labute approximate surface area is 135 Å². The molecule has 1 heterocycles. The number of carbonyl (C=O) groups excluding carboxylic acids is 1. The predicted octanol–water partition coefficient (Wildman–Crippen LogP) is 3.12. The average Bonchev–Trinajstić information content (AvgIpc) is 3.03. The fourth-order valence-corrected chi connectivity index (χ4v) is 2.61. The molecular weight excluding hydrogens is 304 g/mol. The molecule has 1 aromatic carbocycles. The number of ether oxygens (including phenoxy) is 2. The molecule has 0 spiro atoms. The Morgan fingerprint density at radius 3 is 2.96 bits per heavy atom. The van der Waals surface area contributed by atoms with Crippen LogP contribution in [0.3, 0.4) is 0 Å². The van der Waals surface area contributed by atoms with Gasteiger partial charge in [-0.15, -0.1) is 0 Å². The molecule has 6 heteroatoms. The number of halogens is 2. The van der Waals surface area contributed by atoms with Crippen molar-refractivity contribution in [1.82, 2.24) is 5.32 Å². The van der Waals surface area contributed by atoms with Gasteiger partial charge in [0.05, 0.1) is 25.4 Å². The Morgan fingerprint density at radius 2 is 2.30 bits per heavy atom. The normalized spacial score (nSPS) is 18.8. The minimum atomic E-state index is -0.646. The summed E-state index contributed by atoms with van der Waals surface area (Å²) in [6.07, 6.45) is 2.90. The van der Waals surface area contributed by atoms with Crippen LogP contribution in [0.2, 0.25) is 0 Å². The van der Waals surface area contributed by atoms with Gasteiger partial charge in [0, 0.05) is 24.7 Å². The van der Waals surface area contributed by atoms with Gasteiger partial charge >= 0.3 is 0 Å². The van der Waals surface area contributed by atoms with Crippen molar-refractivity contribution in [3.8, 4) is 0 Å². The van der Waals surface area contributed by atoms with Crippen LogP contribution in [0.4, 0.5) is 8.78 Å². The van der Waals surface area contributed by atoms with E-state index in [1.54, 1.807) is 0 Å². The summed E-state index contributed by atoms with van der Waals surface area (Å²) >= 11 is 0. The van der Waals surface area contributed by atoms with Crippen LogP contribution in [0.1, 0.15) is 44.2 Å². The predicted molar refractivity (Wildman–Crippen MR) is 81.9 cm³/mol. The summed E-state index contributed by atoms with van der Waals surface area (Å²) in [6, 6.07) is 2.92. The molecule has 1 aliphatic rings. The van der Waals surface area contributed by atoms with Crippen LogP contribution in [0, 0.1) is 11.6 Å². The van der Waals surface area contributed by atoms with Crippen LogP contribution in [0.15, 0.2) is 18.2 Å². The van der Waals surface area contributed by atoms with Gasteiger partial charge in [-0.2, -0.15) is 0 Å². The van der Waals surface area contributed by atoms with Gasteiger partial charge in [0.15, 0.2) is 0 Å². The largest absolute Gasteiger partial charge is 0.378 e. The maximum Gasteiger partial charge on any atom is 0.222 e. The zero-order valence-electron chi connectivity index (χ0n) is 13.3. The molecule has 1 aliphatic heterocycles. The molecule has 128 valence electrons. The molecule has 0 aromatic heterocycles. The molecule has 1 fully saturated rings. The van der Waals surface area contributed by atoms with Gasteiger partial charge in [-0.1, -0.05) is 13.0 Å². The Morgan fingerprint density at radius 1 is 1.48 bits per heavy atom. The molecule has 1 saturated heterocycles. The molecule has 23 heavy (non-hydrogen) atoms. The summed E-state index contributed by atoms with van der Waals surface area (Å²) < 4.78 is 37.6. The molecule has 0 aliphatic carbocycles. The van der Waals surface area contributed by atoms with E-state index in [9.17, 15) is 13.6 Å². The number of hydrogen-bond donors (Lipinski definition) is 1. The van der Waals surface area contributed by atoms with Crippen LogP contribution in [-0.4, -0.2) is 31.8 Å². The topological polar surface area (TPSA) is 47.6 Å². The van der Waals surface area contributed by atoms with Crippen molar-refractivity contribution in [2.75, 3.05) is 19.8 Å². The number of nitrogens with one attached hydrogen (secondary N) is 1. The van der Waals surface area contributed by atoms with E-state index in [-0.39, 0.29) is 18.4 Å². The summed E-state index contributed by atoms with van der Waals surface area (Å²) in [5.41, 5.74) is 0.294. The maximum atomic E-state index is 13.8. The van der Waals surface area contributed by atoms with E-state index in [1.807, 2.05) is 6.92 Å². The summed E-state index contributed by atoms with van der Waals surface area (Å²) in [6.45, 7) is 3.41. The van der Waals surface area contributed by atoms with Crippen molar-refractivity contribution in [1.29, 1.82) is 0 Å². The molecule has 0 bridgehead atoms. The first-order valence-corrected chi connectivity index (χ1v) is 8.03. The Kier molecular flexibility index (Phi) is 6.92. The lowest BCUT2D eigenvalue weighted by Gasteiger charge is -2.18. The molecule has 2 atom stereocenters. The van der Waals surface area contributed by atoms with E-state index in [0.717, 1.165) is 25.5 Å². The zero-order chi connectivity index (χ0) is 16.7. The highest BCUT2D eigenvalue weighted by Crippen LogP contribution is 2.21. The average molecular weight is 327 g/mol. The Hall–Kier alpha value is -1.53. The van der Waals surface area contributed by atoms with E-state index >= 15 is 0 Å². The highest BCUT2D eigenvalue weighted by atomic mass is 19.1. The Bertz CT molecular complexity index is 519. The van der Waals surface area contributed by atoms with Gasteiger partial charge in [-0.3, -0.25) is 4.79 Å². The number of hydrogen-bond acceptors (Lipinski definition) is 3. The lowest BCUT2D eigenvalue weighted by molar-refractivity contribution is -0.123. The molecule has 0 unspecified atom stereocenters. The first-order valence-electron chi connectivity index (χ1n) is 8.03. The summed E-state index contributed by atoms with van der Waals surface area (Å²) in [7, 11) is 0. The zero-order valence-corrected chi connectivity index (χ0v) is 13.3. The first kappa shape index (κ1) is 17.8. The van der Waals surface area contributed by atoms with Crippen LogP contribution in [0.5, 0.6) is 0 Å². The number of carbonyl (C=O) groups is 1. The van der Waals surface area contributed by atoms with Crippen molar-refractivity contribution >= 4 is 5.91 Å². The minimum absolute atomic E-state index is 0.134. The van der Waals surface area contributed by atoms with Crippen LogP contribution >= 0.6 is 0 Å². The van der Waals surface area contributed by atoms with Crippen molar-refractivity contribution in [3.05, 3.63) is 35.4 Å². The first-order chi connectivity index (χ1) is 11.1. The summed E-state index contributed by atoms with van der Waals surface area (Å²) in [5, 5.41) is 2.76. The van der Waals surface area contributed by atoms with Gasteiger partial charge in [0.1, 0.15) is 11.6 Å². The van der Waals surface area contributed by atoms with E-state index < -0.39 is 17.7 Å². The molecule has 0 saturated carbocycles. The van der Waals surface area contributed by atoms with Gasteiger partial charge < -0.3 is 14.8 Å². The second kappa shape index (κ2) is 8.93. The van der Waals surface area contributed by atoms with E-state index in [0.29, 0.717) is 25.2 Å². The Balaban J connectivity index is 1.75. The second-order valence-corrected chi connectivity index (χ2v) is 5.65. The van der Waals surface area contributed by atoms with Gasteiger partial charge in [0.2, 0.25) is 5.91 Å². The van der Waals surface area contributed by atoms with Crippen molar-refractivity contribution in [3.63, 3.8) is 0 Å². The van der Waals surface area contributed by atoms with E-state index in [2.05, 4.69) is 5.32 Å². The third kappa shape index (κ3) is 5.55. The fraction of sp³-hybridized carbons (Fsp3) is 0.588. The molecule has 1 amide bonds. The van der Waals surface area contributed by atoms with Crippen LogP contribution in [-0.2, 0) is 14.3 Å². The standard InChI is InChI=1S/C17H23F2NO3/c1-2-16(14-6-5-12(18)10-15(14)19)20-17(21)7-9-22-11-13-4-3-8-23-13/h5-6,10,13,16H,2-4,7-9,11H2,1H3,(H,20,21)/t13-,16-/m1/s1. The maximum absolute atomic E-state index is 13.8. The van der Waals surface area contributed by atoms with Gasteiger partial charge in [-0.25, -0.2) is 8.78 Å². The van der Waals surface area contributed by atoms with E-state index in [4.69, 9.17) is 9.47 Å². The molecule has 0 radical (unpaired) electrons. The molecule has 1 aromatic rings. The number of amides is 1. The van der Waals surface area contributed by atoms with Crippen LogP contribution < -0.4 is 5.32 Å². The molecule has 2 rings (SSSR count). The summed E-state index contributed by atoms with van der Waals surface area (Å²) in [4.78, 5) is 11.9. The molecular formula is C17H23F2NO3. The highest BCUT2D eigenvalue weighted by Gasteiger charge is 2.18. The quantitative estimate of drug-likeness (QED) is 0.746. The van der Waals surface area contributed by atoms with Crippen molar-refractivity contribution in [2.24, 2.45) is 0 Å². The highest BCUT2D eigenvalue weighted by molar-refractivity contribution is 5.76. The van der Waals surface area contributed by atoms with E-state index in [1.165, 1.54) is 12.1 Å². The fourth-order valence-electron chi connectivity index (χ4n) is 2.61. The lowest BCUT2D eigenvalue weighted by atomic mass is 10.0. The smallest absolute Gasteiger partial charge is 0.222 e. The molecule has 4 nitrogen and oxygen atoms in total. The third-order valence-corrected chi connectivity index (χ3v) is 3.88. The van der Waals surface area contributed by atoms with Crippen molar-refractivity contribution in [2.45, 2.75) is 44.8 Å². The number of rotatable bonds is 8. The van der Waals surface area contributed by atoms with Crippen LogP contribution in [0.25, 0.3) is 0 Å². The third-order valence-electron chi connectivity index (χ3n) is 3.88. The lowest BCUT2D eigenvalue weighted by Crippen LogP contribution is -2.29.